The van der Waals surface area contributed by atoms with E-state index in [-0.39, 0.29) is 11.8 Å². The number of anilines is 2. The first-order valence-corrected chi connectivity index (χ1v) is 16.6. The molecule has 2 fully saturated rings. The van der Waals surface area contributed by atoms with Crippen molar-refractivity contribution in [1.29, 1.82) is 5.41 Å². The summed E-state index contributed by atoms with van der Waals surface area (Å²) in [5.41, 5.74) is 3.28. The van der Waals surface area contributed by atoms with E-state index in [0.717, 1.165) is 48.1 Å². The van der Waals surface area contributed by atoms with Crippen LogP contribution in [-0.2, 0) is 9.47 Å². The van der Waals surface area contributed by atoms with Gasteiger partial charge in [0, 0.05) is 48.4 Å². The molecule has 6 rings (SSSR count). The molecule has 0 aliphatic carbocycles. The third-order valence-electron chi connectivity index (χ3n) is 8.35. The minimum Gasteiger partial charge on any atom is -0.444 e. The number of carbonyl (C=O) groups is 2. The first kappa shape index (κ1) is 33.0. The van der Waals surface area contributed by atoms with E-state index < -0.39 is 23.4 Å². The lowest BCUT2D eigenvalue weighted by Gasteiger charge is -2.40. The largest absolute Gasteiger partial charge is 0.444 e. The summed E-state index contributed by atoms with van der Waals surface area (Å²) < 4.78 is 12.8. The molecule has 4 aromatic rings. The Morgan fingerprint density at radius 1 is 0.875 bits per heavy atom. The topological polar surface area (TPSA) is 126 Å². The average Bonchev–Trinajstić information content (AvgIpc) is 3.41. The van der Waals surface area contributed by atoms with E-state index in [4.69, 9.17) is 14.5 Å². The van der Waals surface area contributed by atoms with Gasteiger partial charge >= 0.3 is 12.2 Å². The van der Waals surface area contributed by atoms with Gasteiger partial charge < -0.3 is 24.6 Å². The first-order valence-electron chi connectivity index (χ1n) is 16.6. The van der Waals surface area contributed by atoms with Crippen molar-refractivity contribution in [3.8, 4) is 11.3 Å². The summed E-state index contributed by atoms with van der Waals surface area (Å²) in [4.78, 5) is 39.6. The Morgan fingerprint density at radius 3 is 2.29 bits per heavy atom. The van der Waals surface area contributed by atoms with Gasteiger partial charge in [0.1, 0.15) is 17.0 Å². The maximum Gasteiger partial charge on any atom is 0.419 e. The van der Waals surface area contributed by atoms with Crippen LogP contribution in [-0.4, -0.2) is 75.9 Å². The van der Waals surface area contributed by atoms with Crippen LogP contribution in [0.25, 0.3) is 22.2 Å². The Labute approximate surface area is 281 Å². The Morgan fingerprint density at radius 2 is 1.58 bits per heavy atom. The summed E-state index contributed by atoms with van der Waals surface area (Å²) in [7, 11) is 0. The molecule has 4 heterocycles. The fourth-order valence-electron chi connectivity index (χ4n) is 6.17. The number of alkyl carbamates (subject to hydrolysis) is 1. The zero-order valence-electron chi connectivity index (χ0n) is 28.7. The molecule has 2 aliphatic rings. The smallest absolute Gasteiger partial charge is 0.419 e. The minimum atomic E-state index is -0.705. The van der Waals surface area contributed by atoms with Crippen LogP contribution in [0.5, 0.6) is 0 Å². The monoisotopic (exact) mass is 651 g/mol. The number of aromatic nitrogens is 3. The predicted octanol–water partition coefficient (Wildman–Crippen LogP) is 7.00. The minimum absolute atomic E-state index is 0.0405. The molecule has 2 N–H and O–H groups in total. The van der Waals surface area contributed by atoms with Crippen LogP contribution < -0.4 is 15.1 Å². The Bertz CT molecular complexity index is 1840. The molecule has 2 saturated heterocycles. The normalized spacial score (nSPS) is 15.6. The number of hydrogen-bond acceptors (Lipinski definition) is 9. The lowest BCUT2D eigenvalue weighted by molar-refractivity contribution is 0.0493. The number of nitrogens with zero attached hydrogens (tertiary/aromatic N) is 5. The third-order valence-corrected chi connectivity index (χ3v) is 8.35. The second kappa shape index (κ2) is 12.9. The molecule has 2 aliphatic heterocycles. The molecule has 2 aromatic carbocycles. The number of rotatable bonds is 6. The Kier molecular flexibility index (Phi) is 8.89. The SMILES string of the molecule is CC(C)(C)OC(=O)NC1CN(c2cncc(-c3cccc(C(=N)c4cc5c(N6CCCCC6)cccc5n4C(=O)OC(C)(C)C)c3)n2)C1. The van der Waals surface area contributed by atoms with Crippen molar-refractivity contribution in [2.24, 2.45) is 0 Å². The summed E-state index contributed by atoms with van der Waals surface area (Å²) in [6, 6.07) is 15.5. The van der Waals surface area contributed by atoms with Crippen molar-refractivity contribution in [3.05, 3.63) is 72.2 Å². The van der Waals surface area contributed by atoms with Crippen LogP contribution in [0.15, 0.2) is 60.9 Å². The molecule has 48 heavy (non-hydrogen) atoms. The molecular weight excluding hydrogens is 606 g/mol. The van der Waals surface area contributed by atoms with Crippen molar-refractivity contribution >= 4 is 40.3 Å². The van der Waals surface area contributed by atoms with Crippen LogP contribution in [0.3, 0.4) is 0 Å². The molecule has 0 unspecified atom stereocenters. The highest BCUT2D eigenvalue weighted by molar-refractivity contribution is 6.16. The van der Waals surface area contributed by atoms with Crippen molar-refractivity contribution in [2.45, 2.75) is 78.0 Å². The lowest BCUT2D eigenvalue weighted by atomic mass is 10.0. The molecule has 2 aromatic heterocycles. The summed E-state index contributed by atoms with van der Waals surface area (Å²) in [6.07, 6.45) is 5.93. The molecular formula is C37H45N7O4. The van der Waals surface area contributed by atoms with E-state index in [0.29, 0.717) is 35.9 Å². The highest BCUT2D eigenvalue weighted by atomic mass is 16.6. The van der Waals surface area contributed by atoms with E-state index >= 15 is 0 Å². The van der Waals surface area contributed by atoms with Crippen LogP contribution >= 0.6 is 0 Å². The highest BCUT2D eigenvalue weighted by Gasteiger charge is 2.31. The van der Waals surface area contributed by atoms with Gasteiger partial charge in [-0.1, -0.05) is 24.3 Å². The molecule has 0 atom stereocenters. The van der Waals surface area contributed by atoms with Crippen molar-refractivity contribution in [1.82, 2.24) is 19.9 Å². The number of ether oxygens (including phenoxy) is 2. The van der Waals surface area contributed by atoms with E-state index in [1.54, 1.807) is 12.4 Å². The molecule has 252 valence electrons. The second-order valence-electron chi connectivity index (χ2n) is 14.6. The van der Waals surface area contributed by atoms with E-state index in [9.17, 15) is 15.0 Å². The maximum atomic E-state index is 13.7. The van der Waals surface area contributed by atoms with E-state index in [1.165, 1.54) is 11.0 Å². The number of piperidine rings is 1. The molecule has 0 spiro atoms. The zero-order valence-corrected chi connectivity index (χ0v) is 28.7. The van der Waals surface area contributed by atoms with Crippen LogP contribution in [0.1, 0.15) is 72.1 Å². The number of amides is 1. The molecule has 11 nitrogen and oxygen atoms in total. The summed E-state index contributed by atoms with van der Waals surface area (Å²) >= 11 is 0. The van der Waals surface area contributed by atoms with Gasteiger partial charge in [0.05, 0.1) is 41.1 Å². The third kappa shape index (κ3) is 7.30. The van der Waals surface area contributed by atoms with Crippen molar-refractivity contribution < 1.29 is 19.1 Å². The zero-order chi connectivity index (χ0) is 34.2. The molecule has 0 bridgehead atoms. The summed E-state index contributed by atoms with van der Waals surface area (Å²) in [5, 5.41) is 13.2. The number of fused-ring (bicyclic) bond motifs is 1. The van der Waals surface area contributed by atoms with Gasteiger partial charge in [0.2, 0.25) is 0 Å². The number of carbonyl (C=O) groups excluding carboxylic acids is 2. The molecule has 11 heteroatoms. The summed E-state index contributed by atoms with van der Waals surface area (Å²) in [5.74, 6) is 0.700. The van der Waals surface area contributed by atoms with Gasteiger partial charge in [-0.15, -0.1) is 0 Å². The summed E-state index contributed by atoms with van der Waals surface area (Å²) in [6.45, 7) is 14.2. The number of benzene rings is 2. The van der Waals surface area contributed by atoms with Crippen LogP contribution in [0.4, 0.5) is 21.1 Å². The number of hydrogen-bond donors (Lipinski definition) is 2. The lowest BCUT2D eigenvalue weighted by Crippen LogP contribution is -2.60. The molecule has 0 saturated carbocycles. The van der Waals surface area contributed by atoms with Gasteiger partial charge in [0.25, 0.3) is 0 Å². The predicted molar refractivity (Wildman–Crippen MR) is 188 cm³/mol. The Hall–Kier alpha value is -4.93. The second-order valence-corrected chi connectivity index (χ2v) is 14.6. The first-order chi connectivity index (χ1) is 22.8. The van der Waals surface area contributed by atoms with E-state index in [1.807, 2.05) is 88.9 Å². The van der Waals surface area contributed by atoms with E-state index in [2.05, 4.69) is 21.3 Å². The maximum absolute atomic E-state index is 13.7. The van der Waals surface area contributed by atoms with Crippen LogP contribution in [0.2, 0.25) is 0 Å². The van der Waals surface area contributed by atoms with Gasteiger partial charge in [-0.05, 0) is 85.1 Å². The molecule has 0 radical (unpaired) electrons. The average molecular weight is 652 g/mol. The van der Waals surface area contributed by atoms with Crippen molar-refractivity contribution in [2.75, 3.05) is 36.0 Å². The fraction of sp³-hybridized carbons (Fsp3) is 0.432. The van der Waals surface area contributed by atoms with Gasteiger partial charge in [0.15, 0.2) is 0 Å². The van der Waals surface area contributed by atoms with Crippen molar-refractivity contribution in [3.63, 3.8) is 0 Å². The van der Waals surface area contributed by atoms with Gasteiger partial charge in [-0.2, -0.15) is 0 Å². The standard InChI is InChI=1S/C37H45N7O4/c1-36(2,3)47-34(45)40-26-22-43(23-26)32-21-39-20-28(41-32)24-12-10-13-25(18-24)33(38)31-19-27-29(42-16-8-7-9-17-42)14-11-15-30(27)44(31)35(46)48-37(4,5)6/h10-15,18-21,26,38H,7-9,16-17,22-23H2,1-6H3,(H,40,45). The Balaban J connectivity index is 1.28. The van der Waals surface area contributed by atoms with Crippen LogP contribution in [0, 0.1) is 5.41 Å². The number of nitrogens with one attached hydrogen (secondary N) is 2. The quantitative estimate of drug-likeness (QED) is 0.214. The van der Waals surface area contributed by atoms with Gasteiger partial charge in [-0.3, -0.25) is 10.4 Å². The van der Waals surface area contributed by atoms with Gasteiger partial charge in [-0.25, -0.2) is 19.1 Å². The fourth-order valence-corrected chi connectivity index (χ4v) is 6.17. The highest BCUT2D eigenvalue weighted by Crippen LogP contribution is 2.34. The molecule has 1 amide bonds.